The number of carbonyl (C=O) groups is 2. The van der Waals surface area contributed by atoms with Crippen LogP contribution in [0.3, 0.4) is 0 Å². The second kappa shape index (κ2) is 9.78. The van der Waals surface area contributed by atoms with E-state index in [1.165, 1.54) is 43.5 Å². The molecule has 3 aromatic rings. The van der Waals surface area contributed by atoms with Gasteiger partial charge in [-0.25, -0.2) is 13.2 Å². The van der Waals surface area contributed by atoms with Crippen molar-refractivity contribution in [2.45, 2.75) is 4.90 Å². The van der Waals surface area contributed by atoms with E-state index in [9.17, 15) is 28.1 Å². The van der Waals surface area contributed by atoms with Gasteiger partial charge in [0.25, 0.3) is 21.6 Å². The number of nitro groups is 1. The number of carbonyl (C=O) groups excluding carboxylic acids is 2. The Labute approximate surface area is 188 Å². The number of hydrogen-bond donors (Lipinski definition) is 3. The summed E-state index contributed by atoms with van der Waals surface area (Å²) in [6.45, 7) is 0. The van der Waals surface area contributed by atoms with Crippen molar-refractivity contribution >= 4 is 44.8 Å². The number of benzene rings is 3. The average Bonchev–Trinajstić information content (AvgIpc) is 2.80. The highest BCUT2D eigenvalue weighted by atomic mass is 32.2. The molecule has 0 radical (unpaired) electrons. The molecule has 3 rings (SSSR count). The van der Waals surface area contributed by atoms with E-state index in [0.717, 1.165) is 6.07 Å². The van der Waals surface area contributed by atoms with Crippen molar-refractivity contribution in [2.24, 2.45) is 0 Å². The van der Waals surface area contributed by atoms with E-state index in [1.54, 1.807) is 30.3 Å². The van der Waals surface area contributed by atoms with Gasteiger partial charge in [-0.2, -0.15) is 0 Å². The number of nitrogens with one attached hydrogen (secondary N) is 3. The molecule has 0 atom stereocenters. The topological polar surface area (TPSA) is 157 Å². The zero-order chi connectivity index (χ0) is 24.0. The van der Waals surface area contributed by atoms with Gasteiger partial charge in [-0.05, 0) is 42.5 Å². The summed E-state index contributed by atoms with van der Waals surface area (Å²) in [7, 11) is -2.97. The number of sulfonamides is 1. The quantitative estimate of drug-likeness (QED) is 0.350. The third kappa shape index (κ3) is 5.83. The second-order valence-corrected chi connectivity index (χ2v) is 8.24. The van der Waals surface area contributed by atoms with Crippen molar-refractivity contribution < 1.29 is 27.7 Å². The average molecular weight is 470 g/mol. The molecule has 0 aliphatic heterocycles. The predicted molar refractivity (Wildman–Crippen MR) is 121 cm³/mol. The third-order valence-electron chi connectivity index (χ3n) is 4.33. The number of non-ortho nitro benzene ring substituents is 1. The van der Waals surface area contributed by atoms with Crippen LogP contribution in [0, 0.1) is 10.1 Å². The molecule has 0 unspecified atom stereocenters. The first-order chi connectivity index (χ1) is 15.7. The molecule has 170 valence electrons. The van der Waals surface area contributed by atoms with Crippen LogP contribution in [0.2, 0.25) is 0 Å². The van der Waals surface area contributed by atoms with Crippen molar-refractivity contribution in [2.75, 3.05) is 22.5 Å². The number of nitro benzene ring substituents is 1. The lowest BCUT2D eigenvalue weighted by molar-refractivity contribution is -0.385. The van der Waals surface area contributed by atoms with Crippen LogP contribution in [0.4, 0.5) is 27.5 Å². The molecule has 0 saturated heterocycles. The van der Waals surface area contributed by atoms with E-state index < -0.39 is 26.9 Å². The Bertz CT molecular complexity index is 1310. The van der Waals surface area contributed by atoms with Crippen molar-refractivity contribution in [3.63, 3.8) is 0 Å². The summed E-state index contributed by atoms with van der Waals surface area (Å²) >= 11 is 0. The van der Waals surface area contributed by atoms with Crippen molar-refractivity contribution in [1.29, 1.82) is 0 Å². The third-order valence-corrected chi connectivity index (χ3v) is 5.69. The van der Waals surface area contributed by atoms with Gasteiger partial charge in [-0.3, -0.25) is 24.9 Å². The fraction of sp³-hybridized carbons (Fsp3) is 0.0476. The van der Waals surface area contributed by atoms with Crippen molar-refractivity contribution in [3.8, 4) is 0 Å². The number of ether oxygens (including phenoxy) is 1. The number of hydrogen-bond acceptors (Lipinski definition) is 7. The zero-order valence-corrected chi connectivity index (χ0v) is 18.0. The van der Waals surface area contributed by atoms with Crippen LogP contribution in [-0.2, 0) is 14.8 Å². The van der Waals surface area contributed by atoms with Gasteiger partial charge in [0.15, 0.2) is 0 Å². The Morgan fingerprint density at radius 1 is 0.909 bits per heavy atom. The van der Waals surface area contributed by atoms with Gasteiger partial charge in [-0.1, -0.05) is 18.2 Å². The standard InChI is InChI=1S/C21H18N4O7S/c1-32-21(27)23-15-11-9-14(10-12-15)22-20(26)18-7-2-3-8-19(18)24-33(30,31)17-6-4-5-16(13-17)25(28)29/h2-13,24H,1H3,(H,22,26)(H,23,27). The lowest BCUT2D eigenvalue weighted by Crippen LogP contribution is -2.18. The summed E-state index contributed by atoms with van der Waals surface area (Å²) < 4.78 is 32.3. The number of rotatable bonds is 7. The Balaban J connectivity index is 1.80. The zero-order valence-electron chi connectivity index (χ0n) is 17.1. The monoisotopic (exact) mass is 470 g/mol. The van der Waals surface area contributed by atoms with Crippen LogP contribution in [0.15, 0.2) is 77.7 Å². The van der Waals surface area contributed by atoms with E-state index in [4.69, 9.17) is 0 Å². The Kier molecular flexibility index (Phi) is 6.88. The van der Waals surface area contributed by atoms with Gasteiger partial charge in [0.2, 0.25) is 0 Å². The molecular weight excluding hydrogens is 452 g/mol. The molecule has 0 saturated carbocycles. The lowest BCUT2D eigenvalue weighted by Gasteiger charge is -2.13. The molecule has 3 aromatic carbocycles. The maximum atomic E-state index is 12.8. The smallest absolute Gasteiger partial charge is 0.411 e. The molecule has 12 heteroatoms. The molecule has 0 heterocycles. The Morgan fingerprint density at radius 2 is 1.55 bits per heavy atom. The van der Waals surface area contributed by atoms with Crippen molar-refractivity contribution in [1.82, 2.24) is 0 Å². The number of anilines is 3. The van der Waals surface area contributed by atoms with Gasteiger partial charge in [-0.15, -0.1) is 0 Å². The van der Waals surface area contributed by atoms with Gasteiger partial charge in [0.1, 0.15) is 0 Å². The molecule has 33 heavy (non-hydrogen) atoms. The number of nitrogens with zero attached hydrogens (tertiary/aromatic N) is 1. The Hall–Kier alpha value is -4.45. The molecule has 0 bridgehead atoms. The van der Waals surface area contributed by atoms with Crippen LogP contribution < -0.4 is 15.4 Å². The molecule has 0 spiro atoms. The summed E-state index contributed by atoms with van der Waals surface area (Å²) in [5.74, 6) is -0.596. The highest BCUT2D eigenvalue weighted by Crippen LogP contribution is 2.24. The summed E-state index contributed by atoms with van der Waals surface area (Å²) in [6, 6.07) is 16.7. The van der Waals surface area contributed by atoms with Crippen LogP contribution >= 0.6 is 0 Å². The lowest BCUT2D eigenvalue weighted by atomic mass is 10.1. The van der Waals surface area contributed by atoms with E-state index >= 15 is 0 Å². The molecule has 0 aliphatic carbocycles. The molecule has 3 N–H and O–H groups in total. The molecule has 0 aliphatic rings. The first-order valence-electron chi connectivity index (χ1n) is 9.32. The van der Waals surface area contributed by atoms with Crippen LogP contribution in [0.25, 0.3) is 0 Å². The maximum absolute atomic E-state index is 12.8. The first-order valence-corrected chi connectivity index (χ1v) is 10.8. The Morgan fingerprint density at radius 3 is 2.18 bits per heavy atom. The predicted octanol–water partition coefficient (Wildman–Crippen LogP) is 3.83. The minimum Gasteiger partial charge on any atom is -0.453 e. The van der Waals surface area contributed by atoms with Crippen molar-refractivity contribution in [3.05, 3.63) is 88.5 Å². The van der Waals surface area contributed by atoms with E-state index in [-0.39, 0.29) is 21.8 Å². The van der Waals surface area contributed by atoms with Gasteiger partial charge >= 0.3 is 6.09 Å². The highest BCUT2D eigenvalue weighted by molar-refractivity contribution is 7.92. The molecule has 2 amide bonds. The molecule has 0 fully saturated rings. The molecule has 11 nitrogen and oxygen atoms in total. The number of para-hydroxylation sites is 1. The fourth-order valence-electron chi connectivity index (χ4n) is 2.74. The molecule has 0 aromatic heterocycles. The SMILES string of the molecule is COC(=O)Nc1ccc(NC(=O)c2ccccc2NS(=O)(=O)c2cccc([N+](=O)[O-])c2)cc1. The number of methoxy groups -OCH3 is 1. The minimum atomic E-state index is -4.20. The highest BCUT2D eigenvalue weighted by Gasteiger charge is 2.21. The fourth-order valence-corrected chi connectivity index (χ4v) is 3.86. The minimum absolute atomic E-state index is 0.00881. The number of amides is 2. The summed E-state index contributed by atoms with van der Waals surface area (Å²) in [4.78, 5) is 34.0. The summed E-state index contributed by atoms with van der Waals surface area (Å²) in [5.41, 5.74) is 0.486. The van der Waals surface area contributed by atoms with Crippen LogP contribution in [0.5, 0.6) is 0 Å². The van der Waals surface area contributed by atoms with E-state index in [2.05, 4.69) is 20.1 Å². The van der Waals surface area contributed by atoms with Gasteiger partial charge < -0.3 is 10.1 Å². The largest absolute Gasteiger partial charge is 0.453 e. The summed E-state index contributed by atoms with van der Waals surface area (Å²) in [6.07, 6.45) is -0.642. The van der Waals surface area contributed by atoms with Gasteiger partial charge in [0.05, 0.1) is 28.2 Å². The first kappa shape index (κ1) is 23.2. The maximum Gasteiger partial charge on any atom is 0.411 e. The normalized spacial score (nSPS) is 10.7. The van der Waals surface area contributed by atoms with Crippen LogP contribution in [0.1, 0.15) is 10.4 Å². The van der Waals surface area contributed by atoms with Crippen LogP contribution in [-0.4, -0.2) is 32.5 Å². The van der Waals surface area contributed by atoms with E-state index in [1.807, 2.05) is 0 Å². The van der Waals surface area contributed by atoms with Gasteiger partial charge in [0, 0.05) is 23.5 Å². The van der Waals surface area contributed by atoms with E-state index in [0.29, 0.717) is 11.4 Å². The second-order valence-electron chi connectivity index (χ2n) is 6.55. The summed E-state index contributed by atoms with van der Waals surface area (Å²) in [5, 5.41) is 16.1. The molecular formula is C21H18N4O7S.